The number of carbonyl (C=O) groups excluding carboxylic acids is 1. The van der Waals surface area contributed by atoms with E-state index in [2.05, 4.69) is 4.99 Å². The first-order valence-electron chi connectivity index (χ1n) is 5.14. The van der Waals surface area contributed by atoms with Crippen molar-refractivity contribution in [1.29, 1.82) is 0 Å². The average molecular weight is 212 g/mol. The molecule has 0 spiro atoms. The summed E-state index contributed by atoms with van der Waals surface area (Å²) < 4.78 is 0. The predicted octanol–water partition coefficient (Wildman–Crippen LogP) is 0.252. The Morgan fingerprint density at radius 1 is 1.07 bits per heavy atom. The van der Waals surface area contributed by atoms with Crippen molar-refractivity contribution in [2.75, 3.05) is 6.54 Å². The molecule has 0 aliphatic carbocycles. The maximum absolute atomic E-state index is 10.3. The fourth-order valence-electron chi connectivity index (χ4n) is 1.14. The van der Waals surface area contributed by atoms with Crippen LogP contribution in [0.2, 0.25) is 0 Å². The van der Waals surface area contributed by atoms with Crippen LogP contribution in [-0.4, -0.2) is 18.4 Å². The third-order valence-corrected chi connectivity index (χ3v) is 1.86. The van der Waals surface area contributed by atoms with Gasteiger partial charge in [-0.05, 0) is 25.3 Å². The number of aliphatic imine (C=N–C) groups is 1. The molecule has 0 rings (SSSR count). The molecule has 0 heterocycles. The standard InChI is InChI=1S/C10H20N4O/c11-9(15)7-5-3-1-2-4-6-8-14-10(12)13/h5,7H,1-4,6,8H2,(H2,11,15)(H4,12,13,14). The smallest absolute Gasteiger partial charge is 0.241 e. The van der Waals surface area contributed by atoms with Crippen molar-refractivity contribution in [1.82, 2.24) is 0 Å². The van der Waals surface area contributed by atoms with Crippen LogP contribution in [-0.2, 0) is 4.79 Å². The summed E-state index contributed by atoms with van der Waals surface area (Å²) in [6, 6.07) is 0. The Morgan fingerprint density at radius 2 is 1.73 bits per heavy atom. The summed E-state index contributed by atoms with van der Waals surface area (Å²) in [6.45, 7) is 0.694. The Balaban J connectivity index is 3.19. The summed E-state index contributed by atoms with van der Waals surface area (Å²) in [4.78, 5) is 14.2. The molecule has 0 aromatic heterocycles. The first-order valence-corrected chi connectivity index (χ1v) is 5.14. The quantitative estimate of drug-likeness (QED) is 0.232. The number of primary amides is 1. The van der Waals surface area contributed by atoms with Crippen molar-refractivity contribution < 1.29 is 4.79 Å². The third kappa shape index (κ3) is 12.5. The highest BCUT2D eigenvalue weighted by Crippen LogP contribution is 2.03. The average Bonchev–Trinajstić information content (AvgIpc) is 2.14. The lowest BCUT2D eigenvalue weighted by molar-refractivity contribution is -0.113. The Kier molecular flexibility index (Phi) is 8.13. The minimum absolute atomic E-state index is 0.152. The number of carbonyl (C=O) groups is 1. The second-order valence-corrected chi connectivity index (χ2v) is 3.31. The van der Waals surface area contributed by atoms with E-state index in [1.165, 1.54) is 6.08 Å². The van der Waals surface area contributed by atoms with Gasteiger partial charge < -0.3 is 17.2 Å². The van der Waals surface area contributed by atoms with E-state index < -0.39 is 0 Å². The Morgan fingerprint density at radius 3 is 2.33 bits per heavy atom. The molecule has 0 unspecified atom stereocenters. The van der Waals surface area contributed by atoms with Crippen LogP contribution in [0.3, 0.4) is 0 Å². The van der Waals surface area contributed by atoms with E-state index in [-0.39, 0.29) is 11.9 Å². The first-order chi connectivity index (χ1) is 7.13. The van der Waals surface area contributed by atoms with E-state index >= 15 is 0 Å². The Labute approximate surface area is 90.4 Å². The summed E-state index contributed by atoms with van der Waals surface area (Å²) in [5.41, 5.74) is 15.3. The molecule has 5 nitrogen and oxygen atoms in total. The van der Waals surface area contributed by atoms with Crippen molar-refractivity contribution in [2.24, 2.45) is 22.2 Å². The molecule has 0 aromatic rings. The lowest BCUT2D eigenvalue weighted by Gasteiger charge is -1.97. The van der Waals surface area contributed by atoms with Gasteiger partial charge in [0, 0.05) is 6.54 Å². The molecular formula is C10H20N4O. The van der Waals surface area contributed by atoms with Crippen molar-refractivity contribution in [3.63, 3.8) is 0 Å². The number of allylic oxidation sites excluding steroid dienone is 1. The van der Waals surface area contributed by atoms with Gasteiger partial charge in [-0.2, -0.15) is 0 Å². The zero-order valence-electron chi connectivity index (χ0n) is 8.98. The SMILES string of the molecule is NC(=O)C=CCCCCCCN=C(N)N. The van der Waals surface area contributed by atoms with Crippen molar-refractivity contribution >= 4 is 11.9 Å². The zero-order valence-corrected chi connectivity index (χ0v) is 8.98. The fourth-order valence-corrected chi connectivity index (χ4v) is 1.14. The molecular weight excluding hydrogens is 192 g/mol. The molecule has 0 bridgehead atoms. The minimum atomic E-state index is -0.386. The number of hydrogen-bond acceptors (Lipinski definition) is 2. The van der Waals surface area contributed by atoms with Crippen LogP contribution in [0.4, 0.5) is 0 Å². The zero-order chi connectivity index (χ0) is 11.5. The lowest BCUT2D eigenvalue weighted by atomic mass is 10.1. The molecule has 0 aliphatic heterocycles. The van der Waals surface area contributed by atoms with Gasteiger partial charge in [-0.3, -0.25) is 9.79 Å². The maximum Gasteiger partial charge on any atom is 0.241 e. The molecule has 0 saturated heterocycles. The highest BCUT2D eigenvalue weighted by Gasteiger charge is 1.89. The van der Waals surface area contributed by atoms with Crippen molar-refractivity contribution in [2.45, 2.75) is 32.1 Å². The Hall–Kier alpha value is -1.52. The molecule has 1 amide bonds. The van der Waals surface area contributed by atoms with Gasteiger partial charge in [-0.1, -0.05) is 18.9 Å². The van der Waals surface area contributed by atoms with Crippen LogP contribution in [0.15, 0.2) is 17.1 Å². The van der Waals surface area contributed by atoms with Crippen LogP contribution in [0.1, 0.15) is 32.1 Å². The number of nitrogens with two attached hydrogens (primary N) is 3. The molecule has 0 aromatic carbocycles. The van der Waals surface area contributed by atoms with Crippen LogP contribution < -0.4 is 17.2 Å². The van der Waals surface area contributed by atoms with Crippen molar-refractivity contribution in [3.05, 3.63) is 12.2 Å². The molecule has 0 fully saturated rings. The monoisotopic (exact) mass is 212 g/mol. The van der Waals surface area contributed by atoms with E-state index in [0.717, 1.165) is 32.1 Å². The van der Waals surface area contributed by atoms with Crippen LogP contribution in [0.5, 0.6) is 0 Å². The van der Waals surface area contributed by atoms with Crippen LogP contribution in [0.25, 0.3) is 0 Å². The lowest BCUT2D eigenvalue weighted by Crippen LogP contribution is -2.22. The van der Waals surface area contributed by atoms with Crippen LogP contribution in [0, 0.1) is 0 Å². The van der Waals surface area contributed by atoms with Crippen molar-refractivity contribution in [3.8, 4) is 0 Å². The molecule has 0 atom stereocenters. The van der Waals surface area contributed by atoms with Gasteiger partial charge in [-0.15, -0.1) is 0 Å². The fraction of sp³-hybridized carbons (Fsp3) is 0.600. The number of amides is 1. The minimum Gasteiger partial charge on any atom is -0.370 e. The van der Waals surface area contributed by atoms with Gasteiger partial charge in [0.1, 0.15) is 0 Å². The van der Waals surface area contributed by atoms with Gasteiger partial charge in [0.05, 0.1) is 0 Å². The number of unbranched alkanes of at least 4 members (excludes halogenated alkanes) is 4. The largest absolute Gasteiger partial charge is 0.370 e. The first kappa shape index (κ1) is 13.5. The summed E-state index contributed by atoms with van der Waals surface area (Å²) >= 11 is 0. The third-order valence-electron chi connectivity index (χ3n) is 1.86. The molecule has 6 N–H and O–H groups in total. The van der Waals surface area contributed by atoms with E-state index in [4.69, 9.17) is 17.2 Å². The van der Waals surface area contributed by atoms with E-state index in [0.29, 0.717) is 6.54 Å². The van der Waals surface area contributed by atoms with E-state index in [1.54, 1.807) is 6.08 Å². The second kappa shape index (κ2) is 9.05. The number of nitrogens with zero attached hydrogens (tertiary/aromatic N) is 1. The highest BCUT2D eigenvalue weighted by molar-refractivity contribution is 5.85. The van der Waals surface area contributed by atoms with E-state index in [9.17, 15) is 4.79 Å². The summed E-state index contributed by atoms with van der Waals surface area (Å²) in [7, 11) is 0. The molecule has 0 aliphatic rings. The van der Waals surface area contributed by atoms with Gasteiger partial charge in [0.15, 0.2) is 5.96 Å². The maximum atomic E-state index is 10.3. The molecule has 0 saturated carbocycles. The van der Waals surface area contributed by atoms with E-state index in [1.807, 2.05) is 0 Å². The molecule has 86 valence electrons. The summed E-state index contributed by atoms with van der Waals surface area (Å²) in [6.07, 6.45) is 8.37. The molecule has 15 heavy (non-hydrogen) atoms. The predicted molar refractivity (Wildman–Crippen MR) is 62.1 cm³/mol. The molecule has 0 radical (unpaired) electrons. The van der Waals surface area contributed by atoms with Gasteiger partial charge >= 0.3 is 0 Å². The second-order valence-electron chi connectivity index (χ2n) is 3.31. The number of rotatable bonds is 8. The highest BCUT2D eigenvalue weighted by atomic mass is 16.1. The number of hydrogen-bond donors (Lipinski definition) is 3. The van der Waals surface area contributed by atoms with Gasteiger partial charge in [0.25, 0.3) is 0 Å². The van der Waals surface area contributed by atoms with Gasteiger partial charge in [0.2, 0.25) is 5.91 Å². The Bertz CT molecular complexity index is 232. The normalized spacial score (nSPS) is 10.4. The summed E-state index contributed by atoms with van der Waals surface area (Å²) in [5.74, 6) is -0.234. The summed E-state index contributed by atoms with van der Waals surface area (Å²) in [5, 5.41) is 0. The molecule has 5 heteroatoms. The topological polar surface area (TPSA) is 107 Å². The van der Waals surface area contributed by atoms with Crippen LogP contribution >= 0.6 is 0 Å². The van der Waals surface area contributed by atoms with Gasteiger partial charge in [-0.25, -0.2) is 0 Å². The number of guanidine groups is 1.